The highest BCUT2D eigenvalue weighted by Crippen LogP contribution is 2.61. The third kappa shape index (κ3) is 4.71. The van der Waals surface area contributed by atoms with Crippen LogP contribution >= 0.6 is 0 Å². The molecule has 1 fully saturated rings. The van der Waals surface area contributed by atoms with Crippen molar-refractivity contribution in [2.24, 2.45) is 17.3 Å². The number of aliphatic hydroxyl groups is 2. The van der Waals surface area contributed by atoms with Crippen LogP contribution in [-0.2, 0) is 0 Å². The van der Waals surface area contributed by atoms with E-state index in [4.69, 9.17) is 0 Å². The molecule has 5 atom stereocenters. The lowest BCUT2D eigenvalue weighted by Gasteiger charge is -2.48. The van der Waals surface area contributed by atoms with Crippen LogP contribution in [0.5, 0.6) is 0 Å². The van der Waals surface area contributed by atoms with Crippen molar-refractivity contribution in [1.82, 2.24) is 10.3 Å². The largest absolute Gasteiger partial charge is 0.393 e. The molecule has 36 heavy (non-hydrogen) atoms. The van der Waals surface area contributed by atoms with Gasteiger partial charge >= 0.3 is 0 Å². The Morgan fingerprint density at radius 3 is 2.58 bits per heavy atom. The average molecular weight is 489 g/mol. The van der Waals surface area contributed by atoms with Crippen molar-refractivity contribution >= 4 is 16.3 Å². The molecule has 4 aliphatic carbocycles. The number of benzene rings is 1. The van der Waals surface area contributed by atoms with Crippen LogP contribution in [0, 0.1) is 17.3 Å². The zero-order valence-corrected chi connectivity index (χ0v) is 22.7. The van der Waals surface area contributed by atoms with Gasteiger partial charge in [-0.25, -0.2) is 0 Å². The number of nitrogens with zero attached hydrogens (tertiary/aromatic N) is 1. The maximum atomic E-state index is 12.1. The predicted octanol–water partition coefficient (Wildman–Crippen LogP) is 6.45. The lowest BCUT2D eigenvalue weighted by atomic mass is 9.58. The van der Waals surface area contributed by atoms with Gasteiger partial charge in [-0.05, 0) is 99.2 Å². The summed E-state index contributed by atoms with van der Waals surface area (Å²) in [7, 11) is 3.75. The summed E-state index contributed by atoms with van der Waals surface area (Å²) in [6.45, 7) is 6.35. The van der Waals surface area contributed by atoms with E-state index in [1.165, 1.54) is 27.5 Å². The van der Waals surface area contributed by atoms with Crippen molar-refractivity contribution in [2.75, 3.05) is 14.1 Å². The van der Waals surface area contributed by atoms with Gasteiger partial charge in [0.25, 0.3) is 0 Å². The zero-order chi connectivity index (χ0) is 25.9. The van der Waals surface area contributed by atoms with Crippen molar-refractivity contribution in [2.45, 2.75) is 77.4 Å². The molecule has 0 amide bonds. The summed E-state index contributed by atoms with van der Waals surface area (Å²) in [4.78, 5) is 4.30. The standard InChI is InChI=1S/C28H31NO2.C2H7N.C2H6/c1-27-11-9-23-15-21-16-24(30)5-4-18(21)8-12-28(23,31)26(27)7-6-25(27)20-3-2-19-10-13-29-17-22(19)14-20;1-3-2;1-2/h2-3,6,9-10,13-15,17-18,24,26,30-31H,4-5,7-8,11-12,16H2,1H3;3H,1-2H3;1-2H3/t18?,24?,26?,27?,28-;;/m1../s1. The van der Waals surface area contributed by atoms with Gasteiger partial charge in [0, 0.05) is 29.1 Å². The quantitative estimate of drug-likeness (QED) is 0.432. The molecule has 194 valence electrons. The van der Waals surface area contributed by atoms with Crippen LogP contribution < -0.4 is 5.32 Å². The zero-order valence-electron chi connectivity index (χ0n) is 22.7. The fourth-order valence-corrected chi connectivity index (χ4v) is 7.01. The summed E-state index contributed by atoms with van der Waals surface area (Å²) in [5.74, 6) is 0.716. The minimum absolute atomic E-state index is 0.0678. The van der Waals surface area contributed by atoms with Crippen LogP contribution in [0.1, 0.15) is 71.3 Å². The van der Waals surface area contributed by atoms with E-state index < -0.39 is 5.60 Å². The molecule has 4 unspecified atom stereocenters. The van der Waals surface area contributed by atoms with Crippen molar-refractivity contribution in [3.05, 3.63) is 71.6 Å². The minimum Gasteiger partial charge on any atom is -0.393 e. The number of nitrogens with one attached hydrogen (secondary N) is 1. The van der Waals surface area contributed by atoms with Crippen LogP contribution in [0.2, 0.25) is 0 Å². The van der Waals surface area contributed by atoms with Gasteiger partial charge in [0.15, 0.2) is 0 Å². The van der Waals surface area contributed by atoms with Gasteiger partial charge in [-0.3, -0.25) is 4.98 Å². The number of fused-ring (bicyclic) bond motifs is 5. The first-order valence-corrected chi connectivity index (χ1v) is 13.8. The van der Waals surface area contributed by atoms with E-state index in [1.807, 2.05) is 40.3 Å². The van der Waals surface area contributed by atoms with Crippen molar-refractivity contribution in [1.29, 1.82) is 0 Å². The molecule has 0 spiro atoms. The van der Waals surface area contributed by atoms with Gasteiger partial charge in [-0.15, -0.1) is 0 Å². The smallest absolute Gasteiger partial charge is 0.0933 e. The fourth-order valence-electron chi connectivity index (χ4n) is 7.01. The second kappa shape index (κ2) is 11.0. The maximum Gasteiger partial charge on any atom is 0.0933 e. The van der Waals surface area contributed by atoms with Crippen LogP contribution in [0.3, 0.4) is 0 Å². The van der Waals surface area contributed by atoms with Crippen molar-refractivity contribution < 1.29 is 10.2 Å². The molecular weight excluding hydrogens is 444 g/mol. The summed E-state index contributed by atoms with van der Waals surface area (Å²) in [6.07, 6.45) is 16.9. The molecule has 3 N–H and O–H groups in total. The van der Waals surface area contributed by atoms with E-state index in [9.17, 15) is 10.2 Å². The number of rotatable bonds is 1. The van der Waals surface area contributed by atoms with Crippen LogP contribution in [0.4, 0.5) is 0 Å². The van der Waals surface area contributed by atoms with E-state index in [0.717, 1.165) is 50.5 Å². The fraction of sp³-hybridized carbons (Fsp3) is 0.531. The second-order valence-corrected chi connectivity index (χ2v) is 10.9. The van der Waals surface area contributed by atoms with Crippen LogP contribution in [-0.4, -0.2) is 41.0 Å². The molecule has 0 saturated heterocycles. The summed E-state index contributed by atoms with van der Waals surface area (Å²) in [5.41, 5.74) is 4.25. The van der Waals surface area contributed by atoms with Crippen molar-refractivity contribution in [3.8, 4) is 0 Å². The highest BCUT2D eigenvalue weighted by atomic mass is 16.3. The molecule has 4 aliphatic rings. The Bertz CT molecular complexity index is 1170. The van der Waals surface area contributed by atoms with Gasteiger partial charge in [0.05, 0.1) is 11.7 Å². The van der Waals surface area contributed by atoms with Crippen LogP contribution in [0.15, 0.2) is 66.0 Å². The Balaban J connectivity index is 0.000000569. The predicted molar refractivity (Wildman–Crippen MR) is 151 cm³/mol. The molecule has 1 saturated carbocycles. The molecule has 4 heteroatoms. The van der Waals surface area contributed by atoms with E-state index in [2.05, 4.69) is 59.7 Å². The Morgan fingerprint density at radius 2 is 1.81 bits per heavy atom. The topological polar surface area (TPSA) is 65.4 Å². The molecule has 6 rings (SSSR count). The molecular formula is C32H44N2O2. The lowest BCUT2D eigenvalue weighted by Crippen LogP contribution is -2.48. The molecule has 0 bridgehead atoms. The normalized spacial score (nSPS) is 32.6. The highest BCUT2D eigenvalue weighted by molar-refractivity contribution is 5.87. The molecule has 0 radical (unpaired) electrons. The lowest BCUT2D eigenvalue weighted by molar-refractivity contribution is -0.0330. The number of hydrogen-bond donors (Lipinski definition) is 3. The Labute approximate surface area is 217 Å². The van der Waals surface area contributed by atoms with Gasteiger partial charge < -0.3 is 15.5 Å². The number of hydrogen-bond acceptors (Lipinski definition) is 4. The second-order valence-electron chi connectivity index (χ2n) is 10.9. The summed E-state index contributed by atoms with van der Waals surface area (Å²) < 4.78 is 0. The molecule has 1 aromatic carbocycles. The molecule has 1 aromatic heterocycles. The number of aromatic nitrogens is 1. The first-order valence-electron chi connectivity index (χ1n) is 13.8. The van der Waals surface area contributed by atoms with Gasteiger partial charge in [-0.1, -0.05) is 56.7 Å². The summed E-state index contributed by atoms with van der Waals surface area (Å²) >= 11 is 0. The van der Waals surface area contributed by atoms with E-state index >= 15 is 0 Å². The van der Waals surface area contributed by atoms with E-state index in [-0.39, 0.29) is 17.4 Å². The summed E-state index contributed by atoms with van der Waals surface area (Å²) in [5, 5.41) is 27.5. The monoisotopic (exact) mass is 488 g/mol. The molecule has 1 heterocycles. The third-order valence-electron chi connectivity index (χ3n) is 8.77. The van der Waals surface area contributed by atoms with Gasteiger partial charge in [0.1, 0.15) is 0 Å². The number of aliphatic hydroxyl groups excluding tert-OH is 1. The summed E-state index contributed by atoms with van der Waals surface area (Å²) in [6, 6.07) is 8.74. The Morgan fingerprint density at radius 1 is 1.03 bits per heavy atom. The first kappa shape index (κ1) is 26.8. The van der Waals surface area contributed by atoms with Gasteiger partial charge in [0.2, 0.25) is 0 Å². The highest BCUT2D eigenvalue weighted by Gasteiger charge is 2.55. The van der Waals surface area contributed by atoms with E-state index in [0.29, 0.717) is 5.92 Å². The van der Waals surface area contributed by atoms with Crippen molar-refractivity contribution in [3.63, 3.8) is 0 Å². The Hall–Kier alpha value is -2.27. The minimum atomic E-state index is -0.779. The third-order valence-corrected chi connectivity index (χ3v) is 8.77. The average Bonchev–Trinajstić information content (AvgIpc) is 3.17. The molecule has 4 nitrogen and oxygen atoms in total. The SMILES string of the molecule is CC.CC12CC=C3C=C4CC(O)CCC4CC[C@]3(O)C1CC=C2c1ccc2ccncc2c1.CNC. The van der Waals surface area contributed by atoms with Crippen LogP contribution in [0.25, 0.3) is 16.3 Å². The maximum absolute atomic E-state index is 12.1. The number of allylic oxidation sites excluding steroid dienone is 3. The Kier molecular flexibility index (Phi) is 8.18. The van der Waals surface area contributed by atoms with E-state index in [1.54, 1.807) is 0 Å². The van der Waals surface area contributed by atoms with Gasteiger partial charge in [-0.2, -0.15) is 0 Å². The molecule has 2 aromatic rings. The first-order chi connectivity index (χ1) is 17.4. The molecule has 0 aliphatic heterocycles. The number of pyridine rings is 1.